The molecule has 1 aliphatic heterocycles. The minimum atomic E-state index is -0.688. The number of ether oxygens (including phenoxy) is 2. The first-order valence-corrected chi connectivity index (χ1v) is 13.3. The maximum Gasteiger partial charge on any atom is 0.295 e. The summed E-state index contributed by atoms with van der Waals surface area (Å²) < 4.78 is 11.4. The summed E-state index contributed by atoms with van der Waals surface area (Å²) in [5.41, 5.74) is 2.18. The van der Waals surface area contributed by atoms with Gasteiger partial charge in [-0.05, 0) is 74.8 Å². The van der Waals surface area contributed by atoms with Crippen molar-refractivity contribution in [1.82, 2.24) is 9.80 Å². The van der Waals surface area contributed by atoms with Crippen LogP contribution in [-0.2, 0) is 9.59 Å². The molecule has 7 nitrogen and oxygen atoms in total. The van der Waals surface area contributed by atoms with Crippen LogP contribution in [0.1, 0.15) is 63.3 Å². The molecule has 0 spiro atoms. The number of benzene rings is 2. The number of likely N-dealkylation sites (N-methyl/N-ethyl adjacent to an activating group) is 1. The molecule has 1 fully saturated rings. The zero-order valence-corrected chi connectivity index (χ0v) is 22.8. The van der Waals surface area contributed by atoms with Crippen molar-refractivity contribution < 1.29 is 24.2 Å². The van der Waals surface area contributed by atoms with Crippen LogP contribution in [0.3, 0.4) is 0 Å². The molecule has 37 heavy (non-hydrogen) atoms. The number of Topliss-reactive ketones (excluding diaryl/α,β-unsaturated/α-hetero) is 1. The van der Waals surface area contributed by atoms with Crippen LogP contribution in [0.5, 0.6) is 11.5 Å². The summed E-state index contributed by atoms with van der Waals surface area (Å²) in [5.74, 6) is 0.0120. The predicted octanol–water partition coefficient (Wildman–Crippen LogP) is 5.34. The van der Waals surface area contributed by atoms with Gasteiger partial charge in [-0.25, -0.2) is 0 Å². The van der Waals surface area contributed by atoms with Crippen LogP contribution in [0.4, 0.5) is 0 Å². The van der Waals surface area contributed by atoms with Gasteiger partial charge in [0, 0.05) is 18.7 Å². The molecule has 1 atom stereocenters. The van der Waals surface area contributed by atoms with E-state index in [1.807, 2.05) is 38.1 Å². The number of likely N-dealkylation sites (tertiary alicyclic amines) is 1. The lowest BCUT2D eigenvalue weighted by Gasteiger charge is -2.28. The van der Waals surface area contributed by atoms with Gasteiger partial charge >= 0.3 is 0 Å². The van der Waals surface area contributed by atoms with E-state index in [1.165, 1.54) is 0 Å². The summed E-state index contributed by atoms with van der Waals surface area (Å²) in [6.07, 6.45) is 2.01. The minimum Gasteiger partial charge on any atom is -0.507 e. The second kappa shape index (κ2) is 13.3. The molecule has 0 aliphatic carbocycles. The quantitative estimate of drug-likeness (QED) is 0.170. The number of amides is 1. The van der Waals surface area contributed by atoms with Gasteiger partial charge in [-0.2, -0.15) is 0 Å². The molecule has 0 radical (unpaired) electrons. The molecule has 0 aromatic heterocycles. The van der Waals surface area contributed by atoms with E-state index in [2.05, 4.69) is 25.7 Å². The van der Waals surface area contributed by atoms with Gasteiger partial charge in [0.15, 0.2) is 0 Å². The molecule has 7 heteroatoms. The number of rotatable bonds is 13. The Morgan fingerprint density at radius 1 is 1.00 bits per heavy atom. The molecule has 1 heterocycles. The molecule has 1 N–H and O–H groups in total. The van der Waals surface area contributed by atoms with Crippen molar-refractivity contribution in [3.63, 3.8) is 0 Å². The number of hydrogen-bond donors (Lipinski definition) is 1. The average Bonchev–Trinajstić information content (AvgIpc) is 3.15. The number of aliphatic hydroxyl groups is 1. The fourth-order valence-corrected chi connectivity index (χ4v) is 4.60. The smallest absolute Gasteiger partial charge is 0.295 e. The van der Waals surface area contributed by atoms with Crippen LogP contribution >= 0.6 is 0 Å². The molecule has 0 bridgehead atoms. The third-order valence-electron chi connectivity index (χ3n) is 6.80. The normalized spacial score (nSPS) is 17.0. The van der Waals surface area contributed by atoms with Crippen molar-refractivity contribution in [3.8, 4) is 11.5 Å². The highest BCUT2D eigenvalue weighted by Crippen LogP contribution is 2.40. The topological polar surface area (TPSA) is 79.3 Å². The summed E-state index contributed by atoms with van der Waals surface area (Å²) in [6.45, 7) is 13.9. The molecule has 1 unspecified atom stereocenters. The van der Waals surface area contributed by atoms with Crippen LogP contribution < -0.4 is 9.47 Å². The van der Waals surface area contributed by atoms with Crippen LogP contribution in [0, 0.1) is 6.92 Å². The lowest BCUT2D eigenvalue weighted by Crippen LogP contribution is -2.38. The maximum absolute atomic E-state index is 13.3. The fourth-order valence-electron chi connectivity index (χ4n) is 4.60. The Morgan fingerprint density at radius 3 is 2.30 bits per heavy atom. The average molecular weight is 509 g/mol. The van der Waals surface area contributed by atoms with Gasteiger partial charge in [0.05, 0.1) is 24.8 Å². The molecule has 3 rings (SSSR count). The second-order valence-electron chi connectivity index (χ2n) is 9.20. The van der Waals surface area contributed by atoms with Crippen molar-refractivity contribution in [2.45, 2.75) is 53.5 Å². The summed E-state index contributed by atoms with van der Waals surface area (Å²) in [5, 5.41) is 11.4. The standard InChI is InChI=1S/C30H40N2O5/c1-6-10-19-37-24-14-11-22(12-15-24)27-26(28(33)23-13-16-25(36-9-4)21(5)20-23)29(34)30(35)32(27)18-17-31(7-2)8-3/h11-16,20,27,33H,6-10,17-19H2,1-5H3. The maximum atomic E-state index is 13.3. The van der Waals surface area contributed by atoms with Gasteiger partial charge in [-0.15, -0.1) is 0 Å². The summed E-state index contributed by atoms with van der Waals surface area (Å²) in [7, 11) is 0. The van der Waals surface area contributed by atoms with Crippen LogP contribution in [0.25, 0.3) is 5.76 Å². The third-order valence-corrected chi connectivity index (χ3v) is 6.80. The highest BCUT2D eigenvalue weighted by atomic mass is 16.5. The van der Waals surface area contributed by atoms with E-state index in [1.54, 1.807) is 23.1 Å². The molecule has 2 aromatic carbocycles. The van der Waals surface area contributed by atoms with Gasteiger partial charge < -0.3 is 24.4 Å². The monoisotopic (exact) mass is 508 g/mol. The first kappa shape index (κ1) is 28.3. The Hall–Kier alpha value is -3.32. The zero-order chi connectivity index (χ0) is 26.9. The van der Waals surface area contributed by atoms with Crippen molar-refractivity contribution in [1.29, 1.82) is 0 Å². The highest BCUT2D eigenvalue weighted by molar-refractivity contribution is 6.46. The summed E-state index contributed by atoms with van der Waals surface area (Å²) in [4.78, 5) is 30.4. The third kappa shape index (κ3) is 6.52. The molecule has 1 aliphatic rings. The van der Waals surface area contributed by atoms with E-state index in [9.17, 15) is 14.7 Å². The largest absolute Gasteiger partial charge is 0.507 e. The lowest BCUT2D eigenvalue weighted by molar-refractivity contribution is -0.140. The number of hydrogen-bond acceptors (Lipinski definition) is 6. The predicted molar refractivity (Wildman–Crippen MR) is 146 cm³/mol. The summed E-state index contributed by atoms with van der Waals surface area (Å²) >= 11 is 0. The Morgan fingerprint density at radius 2 is 1.70 bits per heavy atom. The van der Waals surface area contributed by atoms with Crippen molar-refractivity contribution in [3.05, 3.63) is 64.7 Å². The number of carbonyl (C=O) groups is 2. The molecule has 2 aromatic rings. The number of aliphatic hydroxyl groups excluding tert-OH is 1. The van der Waals surface area contributed by atoms with Crippen LogP contribution in [0.15, 0.2) is 48.0 Å². The molecular formula is C30H40N2O5. The van der Waals surface area contributed by atoms with Crippen molar-refractivity contribution in [2.24, 2.45) is 0 Å². The summed E-state index contributed by atoms with van der Waals surface area (Å²) in [6, 6.07) is 12.1. The fraction of sp³-hybridized carbons (Fsp3) is 0.467. The van der Waals surface area contributed by atoms with E-state index >= 15 is 0 Å². The van der Waals surface area contributed by atoms with E-state index in [0.29, 0.717) is 37.6 Å². The van der Waals surface area contributed by atoms with E-state index in [4.69, 9.17) is 9.47 Å². The molecule has 1 amide bonds. The van der Waals surface area contributed by atoms with E-state index in [0.717, 1.165) is 42.8 Å². The van der Waals surface area contributed by atoms with Crippen molar-refractivity contribution in [2.75, 3.05) is 39.4 Å². The first-order valence-electron chi connectivity index (χ1n) is 13.3. The van der Waals surface area contributed by atoms with Gasteiger partial charge in [-0.1, -0.05) is 39.3 Å². The highest BCUT2D eigenvalue weighted by Gasteiger charge is 2.46. The van der Waals surface area contributed by atoms with Gasteiger partial charge in [0.1, 0.15) is 17.3 Å². The van der Waals surface area contributed by atoms with Gasteiger partial charge in [0.25, 0.3) is 11.7 Å². The molecular weight excluding hydrogens is 468 g/mol. The number of carbonyl (C=O) groups excluding carboxylic acids is 2. The first-order chi connectivity index (χ1) is 17.9. The number of ketones is 1. The molecule has 0 saturated carbocycles. The Kier molecular flexibility index (Phi) is 10.1. The minimum absolute atomic E-state index is 0.104. The van der Waals surface area contributed by atoms with Crippen molar-refractivity contribution >= 4 is 17.4 Å². The second-order valence-corrected chi connectivity index (χ2v) is 9.20. The van der Waals surface area contributed by atoms with E-state index < -0.39 is 17.7 Å². The van der Waals surface area contributed by atoms with Gasteiger partial charge in [0.2, 0.25) is 0 Å². The number of aryl methyl sites for hydroxylation is 1. The Labute approximate surface area is 220 Å². The zero-order valence-electron chi connectivity index (χ0n) is 22.8. The SMILES string of the molecule is CCCCOc1ccc(C2C(=C(O)c3ccc(OCC)c(C)c3)C(=O)C(=O)N2CCN(CC)CC)cc1. The number of nitrogens with zero attached hydrogens (tertiary/aromatic N) is 2. The van der Waals surface area contributed by atoms with E-state index in [-0.39, 0.29) is 11.3 Å². The Balaban J connectivity index is 2.04. The molecule has 200 valence electrons. The molecule has 1 saturated heterocycles. The van der Waals surface area contributed by atoms with Crippen LogP contribution in [0.2, 0.25) is 0 Å². The lowest BCUT2D eigenvalue weighted by atomic mass is 9.94. The Bertz CT molecular complexity index is 1110. The van der Waals surface area contributed by atoms with Crippen LogP contribution in [-0.4, -0.2) is 66.0 Å². The van der Waals surface area contributed by atoms with Gasteiger partial charge in [-0.3, -0.25) is 9.59 Å². The number of unbranched alkanes of at least 4 members (excludes halogenated alkanes) is 1.